The predicted molar refractivity (Wildman–Crippen MR) is 70.2 cm³/mol. The molecule has 104 valence electrons. The molecule has 5 heteroatoms. The molecule has 0 unspecified atom stereocenters. The number of rotatable bonds is 4. The van der Waals surface area contributed by atoms with E-state index in [9.17, 15) is 18.0 Å². The second-order valence-electron chi connectivity index (χ2n) is 4.36. The summed E-state index contributed by atoms with van der Waals surface area (Å²) in [6, 6.07) is 6.90. The zero-order valence-electron chi connectivity index (χ0n) is 10.3. The SMILES string of the molecule is O=C(Cc1ccc(F)cc1F)Cc1cc(Cl)ccc1F. The van der Waals surface area contributed by atoms with Crippen LogP contribution in [0.1, 0.15) is 11.1 Å². The third kappa shape index (κ3) is 3.61. The summed E-state index contributed by atoms with van der Waals surface area (Å²) in [5, 5.41) is 0.321. The van der Waals surface area contributed by atoms with Crippen LogP contribution in [0, 0.1) is 17.5 Å². The van der Waals surface area contributed by atoms with E-state index < -0.39 is 17.5 Å². The fourth-order valence-electron chi connectivity index (χ4n) is 1.83. The Hall–Kier alpha value is -1.81. The molecule has 0 aromatic heterocycles. The maximum atomic E-state index is 13.5. The van der Waals surface area contributed by atoms with Crippen molar-refractivity contribution in [3.05, 3.63) is 70.0 Å². The van der Waals surface area contributed by atoms with Gasteiger partial charge in [-0.25, -0.2) is 13.2 Å². The van der Waals surface area contributed by atoms with Gasteiger partial charge in [-0.2, -0.15) is 0 Å². The van der Waals surface area contributed by atoms with Crippen molar-refractivity contribution in [1.29, 1.82) is 0 Å². The van der Waals surface area contributed by atoms with Crippen LogP contribution >= 0.6 is 11.6 Å². The molecule has 0 N–H and O–H groups in total. The van der Waals surface area contributed by atoms with Gasteiger partial charge >= 0.3 is 0 Å². The summed E-state index contributed by atoms with van der Waals surface area (Å²) in [7, 11) is 0. The highest BCUT2D eigenvalue weighted by Gasteiger charge is 2.12. The van der Waals surface area contributed by atoms with Gasteiger partial charge < -0.3 is 0 Å². The molecule has 2 aromatic carbocycles. The molecule has 2 aromatic rings. The highest BCUT2D eigenvalue weighted by atomic mass is 35.5. The van der Waals surface area contributed by atoms with Gasteiger partial charge in [-0.1, -0.05) is 17.7 Å². The van der Waals surface area contributed by atoms with E-state index in [0.29, 0.717) is 11.1 Å². The first-order chi connectivity index (χ1) is 9.45. The van der Waals surface area contributed by atoms with Gasteiger partial charge in [0.15, 0.2) is 0 Å². The lowest BCUT2D eigenvalue weighted by molar-refractivity contribution is -0.117. The monoisotopic (exact) mass is 298 g/mol. The van der Waals surface area contributed by atoms with Crippen molar-refractivity contribution in [3.8, 4) is 0 Å². The molecule has 0 heterocycles. The lowest BCUT2D eigenvalue weighted by Gasteiger charge is -2.05. The summed E-state index contributed by atoms with van der Waals surface area (Å²) in [5.74, 6) is -2.41. The number of carbonyl (C=O) groups is 1. The maximum Gasteiger partial charge on any atom is 0.141 e. The number of benzene rings is 2. The molecule has 0 fully saturated rings. The Bertz CT molecular complexity index is 656. The van der Waals surface area contributed by atoms with E-state index in [-0.39, 0.29) is 29.8 Å². The first kappa shape index (κ1) is 14.6. The first-order valence-corrected chi connectivity index (χ1v) is 6.23. The smallest absolute Gasteiger partial charge is 0.141 e. The van der Waals surface area contributed by atoms with E-state index in [1.807, 2.05) is 0 Å². The highest BCUT2D eigenvalue weighted by Crippen LogP contribution is 2.17. The topological polar surface area (TPSA) is 17.1 Å². The molecule has 0 aliphatic heterocycles. The van der Waals surface area contributed by atoms with Gasteiger partial charge in [0.05, 0.1) is 0 Å². The van der Waals surface area contributed by atoms with Gasteiger partial charge in [-0.3, -0.25) is 4.79 Å². The Morgan fingerprint density at radius 1 is 0.900 bits per heavy atom. The van der Waals surface area contributed by atoms with Gasteiger partial charge in [0.1, 0.15) is 23.2 Å². The van der Waals surface area contributed by atoms with Crippen LogP contribution in [0.3, 0.4) is 0 Å². The van der Waals surface area contributed by atoms with Gasteiger partial charge in [0, 0.05) is 23.9 Å². The third-order valence-electron chi connectivity index (χ3n) is 2.80. The normalized spacial score (nSPS) is 10.6. The molecule has 0 spiro atoms. The Morgan fingerprint density at radius 2 is 1.60 bits per heavy atom. The minimum absolute atomic E-state index is 0.0823. The largest absolute Gasteiger partial charge is 0.299 e. The van der Waals surface area contributed by atoms with E-state index in [0.717, 1.165) is 6.07 Å². The van der Waals surface area contributed by atoms with E-state index in [2.05, 4.69) is 0 Å². The molecule has 0 bridgehead atoms. The summed E-state index contributed by atoms with van der Waals surface area (Å²) < 4.78 is 39.6. The van der Waals surface area contributed by atoms with E-state index in [1.165, 1.54) is 24.3 Å². The van der Waals surface area contributed by atoms with Gasteiger partial charge in [-0.15, -0.1) is 0 Å². The molecule has 1 nitrogen and oxygen atoms in total. The van der Waals surface area contributed by atoms with Crippen molar-refractivity contribution >= 4 is 17.4 Å². The Morgan fingerprint density at radius 3 is 2.30 bits per heavy atom. The predicted octanol–water partition coefficient (Wildman–Crippen LogP) is 4.11. The molecule has 0 aliphatic carbocycles. The number of Topliss-reactive ketones (excluding diaryl/α,β-unsaturated/α-hetero) is 1. The number of ketones is 1. The molecule has 0 atom stereocenters. The van der Waals surface area contributed by atoms with Gasteiger partial charge in [0.25, 0.3) is 0 Å². The van der Waals surface area contributed by atoms with Crippen molar-refractivity contribution < 1.29 is 18.0 Å². The average Bonchev–Trinajstić information content (AvgIpc) is 2.37. The average molecular weight is 299 g/mol. The minimum atomic E-state index is -0.787. The van der Waals surface area contributed by atoms with Crippen molar-refractivity contribution in [1.82, 2.24) is 0 Å². The zero-order chi connectivity index (χ0) is 14.7. The summed E-state index contributed by atoms with van der Waals surface area (Å²) in [6.07, 6.45) is -0.415. The van der Waals surface area contributed by atoms with Crippen LogP contribution in [0.15, 0.2) is 36.4 Å². The number of carbonyl (C=O) groups excluding carboxylic acids is 1. The summed E-state index contributed by atoms with van der Waals surface area (Å²) in [5.41, 5.74) is 0.240. The molecule has 20 heavy (non-hydrogen) atoms. The summed E-state index contributed by atoms with van der Waals surface area (Å²) >= 11 is 5.72. The van der Waals surface area contributed by atoms with Gasteiger partial charge in [-0.05, 0) is 35.4 Å². The van der Waals surface area contributed by atoms with Crippen LogP contribution in [0.25, 0.3) is 0 Å². The number of halogens is 4. The zero-order valence-corrected chi connectivity index (χ0v) is 11.1. The molecular formula is C15H10ClF3O. The number of hydrogen-bond donors (Lipinski definition) is 0. The van der Waals surface area contributed by atoms with Crippen molar-refractivity contribution in [3.63, 3.8) is 0 Å². The minimum Gasteiger partial charge on any atom is -0.299 e. The fourth-order valence-corrected chi connectivity index (χ4v) is 2.03. The summed E-state index contributed by atoms with van der Waals surface area (Å²) in [6.45, 7) is 0. The Balaban J connectivity index is 2.11. The van der Waals surface area contributed by atoms with Crippen molar-refractivity contribution in [2.75, 3.05) is 0 Å². The maximum absolute atomic E-state index is 13.5. The molecule has 0 amide bonds. The Kier molecular flexibility index (Phi) is 4.45. The lowest BCUT2D eigenvalue weighted by atomic mass is 10.0. The molecule has 0 saturated carbocycles. The van der Waals surface area contributed by atoms with Gasteiger partial charge in [0.2, 0.25) is 0 Å². The lowest BCUT2D eigenvalue weighted by Crippen LogP contribution is -2.09. The molecular weight excluding hydrogens is 289 g/mol. The third-order valence-corrected chi connectivity index (χ3v) is 3.03. The fraction of sp³-hybridized carbons (Fsp3) is 0.133. The van der Waals surface area contributed by atoms with E-state index in [1.54, 1.807) is 0 Å². The Labute approximate surface area is 119 Å². The van der Waals surface area contributed by atoms with E-state index >= 15 is 0 Å². The van der Waals surface area contributed by atoms with Crippen LogP contribution in [-0.2, 0) is 17.6 Å². The molecule has 0 radical (unpaired) electrons. The number of hydrogen-bond acceptors (Lipinski definition) is 1. The van der Waals surface area contributed by atoms with Crippen LogP contribution < -0.4 is 0 Å². The summed E-state index contributed by atoms with van der Waals surface area (Å²) in [4.78, 5) is 11.8. The van der Waals surface area contributed by atoms with Crippen molar-refractivity contribution in [2.45, 2.75) is 12.8 Å². The van der Waals surface area contributed by atoms with E-state index in [4.69, 9.17) is 11.6 Å². The van der Waals surface area contributed by atoms with Crippen molar-refractivity contribution in [2.24, 2.45) is 0 Å². The van der Waals surface area contributed by atoms with Crippen LogP contribution in [0.5, 0.6) is 0 Å². The van der Waals surface area contributed by atoms with Crippen LogP contribution in [-0.4, -0.2) is 5.78 Å². The van der Waals surface area contributed by atoms with Crippen LogP contribution in [0.2, 0.25) is 5.02 Å². The molecule has 2 rings (SSSR count). The standard InChI is InChI=1S/C15H10ClF3O/c16-11-2-4-14(18)10(5-11)7-13(20)6-9-1-3-12(17)8-15(9)19/h1-5,8H,6-7H2. The quantitative estimate of drug-likeness (QED) is 0.830. The second kappa shape index (κ2) is 6.09. The van der Waals surface area contributed by atoms with Crippen LogP contribution in [0.4, 0.5) is 13.2 Å². The highest BCUT2D eigenvalue weighted by molar-refractivity contribution is 6.30. The molecule has 0 saturated heterocycles. The second-order valence-corrected chi connectivity index (χ2v) is 4.80. The molecule has 0 aliphatic rings. The first-order valence-electron chi connectivity index (χ1n) is 5.85.